The number of rotatable bonds is 4. The maximum Gasteiger partial charge on any atom is 0.228 e. The molecule has 0 amide bonds. The Morgan fingerprint density at radius 2 is 1.86 bits per heavy atom. The van der Waals surface area contributed by atoms with Gasteiger partial charge in [-0.25, -0.2) is 4.98 Å². The summed E-state index contributed by atoms with van der Waals surface area (Å²) in [5.41, 5.74) is 12.9. The zero-order chi connectivity index (χ0) is 19.6. The summed E-state index contributed by atoms with van der Waals surface area (Å²) in [5.74, 6) is 1.45. The smallest absolute Gasteiger partial charge is 0.228 e. The largest absolute Gasteiger partial charge is 0.508 e. The lowest BCUT2D eigenvalue weighted by Crippen LogP contribution is -2.41. The fourth-order valence-corrected chi connectivity index (χ4v) is 3.36. The molecule has 3 aromatic rings. The van der Waals surface area contributed by atoms with E-state index in [0.29, 0.717) is 25.0 Å². The highest BCUT2D eigenvalue weighted by Gasteiger charge is 2.21. The van der Waals surface area contributed by atoms with Crippen LogP contribution in [0.4, 0.5) is 23.1 Å². The first-order valence-corrected chi connectivity index (χ1v) is 9.45. The molecule has 1 fully saturated rings. The van der Waals surface area contributed by atoms with Crippen molar-refractivity contribution in [2.24, 2.45) is 0 Å². The van der Waals surface area contributed by atoms with Gasteiger partial charge in [0.1, 0.15) is 11.4 Å². The molecule has 0 atom stereocenters. The summed E-state index contributed by atoms with van der Waals surface area (Å²) in [5, 5.41) is 11.7. The number of aromatic hydroxyl groups is 1. The minimum atomic E-state index is 0.197. The van der Waals surface area contributed by atoms with E-state index < -0.39 is 0 Å². The molecule has 2 aliphatic heterocycles. The Hall–Kier alpha value is -3.56. The van der Waals surface area contributed by atoms with Crippen molar-refractivity contribution in [3.05, 3.63) is 54.6 Å². The standard InChI is InChI=1S/C20H21N7O2/c28-15-5-3-4-14(12-15)17-13-19(22-20(21-17)26-8-10-29-11-9-26)24-27-18-7-2-1-6-16(18)23-25-27/h1-7,12-13,23,25,28H,8-11H2,(H,21,22,24). The second-order valence-corrected chi connectivity index (χ2v) is 6.79. The van der Waals surface area contributed by atoms with Gasteiger partial charge in [-0.2, -0.15) is 10.1 Å². The van der Waals surface area contributed by atoms with Crippen LogP contribution in [0.1, 0.15) is 0 Å². The monoisotopic (exact) mass is 391 g/mol. The Morgan fingerprint density at radius 3 is 2.72 bits per heavy atom. The van der Waals surface area contributed by atoms with Gasteiger partial charge in [0.05, 0.1) is 24.6 Å². The van der Waals surface area contributed by atoms with E-state index in [0.717, 1.165) is 35.7 Å². The molecule has 1 aromatic heterocycles. The summed E-state index contributed by atoms with van der Waals surface area (Å²) in [6.07, 6.45) is 0. The predicted molar refractivity (Wildman–Crippen MR) is 111 cm³/mol. The first kappa shape index (κ1) is 17.5. The topological polar surface area (TPSA) is 97.8 Å². The number of aromatic nitrogens is 2. The average molecular weight is 391 g/mol. The Balaban J connectivity index is 1.51. The molecule has 3 heterocycles. The van der Waals surface area contributed by atoms with E-state index in [1.54, 1.807) is 23.3 Å². The van der Waals surface area contributed by atoms with E-state index >= 15 is 0 Å². The van der Waals surface area contributed by atoms with Crippen LogP contribution in [-0.2, 0) is 4.74 Å². The molecule has 1 saturated heterocycles. The fourth-order valence-electron chi connectivity index (χ4n) is 3.36. The lowest BCUT2D eigenvalue weighted by Gasteiger charge is -2.28. The fraction of sp³-hybridized carbons (Fsp3) is 0.200. The lowest BCUT2D eigenvalue weighted by molar-refractivity contribution is 0.122. The molecule has 29 heavy (non-hydrogen) atoms. The van der Waals surface area contributed by atoms with Gasteiger partial charge in [0.2, 0.25) is 5.95 Å². The molecule has 2 aliphatic rings. The number of fused-ring (bicyclic) bond motifs is 1. The molecule has 0 unspecified atom stereocenters. The number of hydrogen-bond acceptors (Lipinski definition) is 9. The van der Waals surface area contributed by atoms with Crippen molar-refractivity contribution in [2.45, 2.75) is 0 Å². The van der Waals surface area contributed by atoms with E-state index in [-0.39, 0.29) is 5.75 Å². The summed E-state index contributed by atoms with van der Waals surface area (Å²) in [7, 11) is 0. The van der Waals surface area contributed by atoms with E-state index in [2.05, 4.69) is 21.3 Å². The number of phenols is 1. The van der Waals surface area contributed by atoms with Crippen molar-refractivity contribution in [1.29, 1.82) is 0 Å². The van der Waals surface area contributed by atoms with Crippen LogP contribution < -0.4 is 26.4 Å². The molecular formula is C20H21N7O2. The van der Waals surface area contributed by atoms with Crippen LogP contribution >= 0.6 is 0 Å². The second-order valence-electron chi connectivity index (χ2n) is 6.79. The third-order valence-corrected chi connectivity index (χ3v) is 4.82. The van der Waals surface area contributed by atoms with E-state index in [1.807, 2.05) is 36.4 Å². The molecule has 0 radical (unpaired) electrons. The average Bonchev–Trinajstić information content (AvgIpc) is 3.17. The minimum absolute atomic E-state index is 0.197. The summed E-state index contributed by atoms with van der Waals surface area (Å²) < 4.78 is 5.46. The van der Waals surface area contributed by atoms with Gasteiger partial charge in [0.25, 0.3) is 0 Å². The van der Waals surface area contributed by atoms with Crippen LogP contribution in [0.2, 0.25) is 0 Å². The molecule has 0 saturated carbocycles. The summed E-state index contributed by atoms with van der Waals surface area (Å²) in [6.45, 7) is 2.76. The maximum atomic E-state index is 9.89. The predicted octanol–water partition coefficient (Wildman–Crippen LogP) is 2.36. The Labute approximate surface area is 167 Å². The highest BCUT2D eigenvalue weighted by atomic mass is 16.5. The highest BCUT2D eigenvalue weighted by Crippen LogP contribution is 2.30. The van der Waals surface area contributed by atoms with Crippen molar-refractivity contribution in [3.8, 4) is 17.0 Å². The Kier molecular flexibility index (Phi) is 4.51. The Morgan fingerprint density at radius 1 is 1.00 bits per heavy atom. The molecule has 0 spiro atoms. The number of hydrazine groups is 3. The molecule has 9 nitrogen and oxygen atoms in total. The number of nitrogens with one attached hydrogen (secondary N) is 3. The first-order valence-electron chi connectivity index (χ1n) is 9.45. The van der Waals surface area contributed by atoms with Gasteiger partial charge in [0.15, 0.2) is 5.82 Å². The number of morpholine rings is 1. The number of nitrogens with zero attached hydrogens (tertiary/aromatic N) is 4. The summed E-state index contributed by atoms with van der Waals surface area (Å²) >= 11 is 0. The van der Waals surface area contributed by atoms with Crippen LogP contribution in [-0.4, -0.2) is 41.4 Å². The van der Waals surface area contributed by atoms with Gasteiger partial charge in [-0.15, -0.1) is 5.53 Å². The lowest BCUT2D eigenvalue weighted by atomic mass is 10.1. The molecular weight excluding hydrogens is 370 g/mol. The number of ether oxygens (including phenoxy) is 1. The first-order chi connectivity index (χ1) is 14.3. The number of anilines is 4. The van der Waals surface area contributed by atoms with Crippen LogP contribution in [0.3, 0.4) is 0 Å². The summed E-state index contributed by atoms with van der Waals surface area (Å²) in [4.78, 5) is 11.6. The van der Waals surface area contributed by atoms with Crippen molar-refractivity contribution >= 4 is 23.1 Å². The second kappa shape index (κ2) is 7.46. The van der Waals surface area contributed by atoms with Gasteiger partial charge in [-0.05, 0) is 24.3 Å². The van der Waals surface area contributed by atoms with Crippen molar-refractivity contribution in [3.63, 3.8) is 0 Å². The highest BCUT2D eigenvalue weighted by molar-refractivity contribution is 5.75. The third kappa shape index (κ3) is 3.60. The van der Waals surface area contributed by atoms with Crippen molar-refractivity contribution in [2.75, 3.05) is 47.2 Å². The zero-order valence-corrected chi connectivity index (χ0v) is 15.7. The third-order valence-electron chi connectivity index (χ3n) is 4.82. The number of hydrogen-bond donors (Lipinski definition) is 4. The molecule has 9 heteroatoms. The molecule has 2 aromatic carbocycles. The van der Waals surface area contributed by atoms with Gasteiger partial charge in [-0.1, -0.05) is 24.3 Å². The van der Waals surface area contributed by atoms with Gasteiger partial charge >= 0.3 is 0 Å². The number of para-hydroxylation sites is 2. The number of phenolic OH excluding ortho intramolecular Hbond substituents is 1. The van der Waals surface area contributed by atoms with Gasteiger partial charge in [0, 0.05) is 24.7 Å². The quantitative estimate of drug-likeness (QED) is 0.534. The zero-order valence-electron chi connectivity index (χ0n) is 15.7. The molecule has 0 bridgehead atoms. The van der Waals surface area contributed by atoms with Crippen LogP contribution in [0, 0.1) is 0 Å². The Bertz CT molecular complexity index is 1020. The molecule has 0 aliphatic carbocycles. The van der Waals surface area contributed by atoms with E-state index in [9.17, 15) is 5.11 Å². The maximum absolute atomic E-state index is 9.89. The van der Waals surface area contributed by atoms with E-state index in [4.69, 9.17) is 14.7 Å². The van der Waals surface area contributed by atoms with Crippen LogP contribution in [0.5, 0.6) is 5.75 Å². The van der Waals surface area contributed by atoms with Crippen LogP contribution in [0.15, 0.2) is 54.6 Å². The molecule has 4 N–H and O–H groups in total. The minimum Gasteiger partial charge on any atom is -0.508 e. The van der Waals surface area contributed by atoms with E-state index in [1.165, 1.54) is 0 Å². The van der Waals surface area contributed by atoms with Crippen molar-refractivity contribution in [1.82, 2.24) is 15.5 Å². The molecule has 5 rings (SSSR count). The van der Waals surface area contributed by atoms with Crippen LogP contribution in [0.25, 0.3) is 11.3 Å². The van der Waals surface area contributed by atoms with Gasteiger partial charge in [-0.3, -0.25) is 5.43 Å². The summed E-state index contributed by atoms with van der Waals surface area (Å²) in [6, 6.07) is 16.8. The molecule has 148 valence electrons. The van der Waals surface area contributed by atoms with Crippen molar-refractivity contribution < 1.29 is 9.84 Å². The normalized spacial score (nSPS) is 15.7. The number of benzene rings is 2. The van der Waals surface area contributed by atoms with Gasteiger partial charge < -0.3 is 20.2 Å². The SMILES string of the molecule is Oc1cccc(-c2cc(NN3NNc4ccccc43)nc(N3CCOCC3)n2)c1.